The van der Waals surface area contributed by atoms with Crippen molar-refractivity contribution >= 4 is 23.7 Å². The van der Waals surface area contributed by atoms with Gasteiger partial charge < -0.3 is 0 Å². The van der Waals surface area contributed by atoms with Crippen molar-refractivity contribution in [1.82, 2.24) is 10.2 Å². The molecule has 5 heteroatoms. The Labute approximate surface area is 64.0 Å². The quantitative estimate of drug-likeness (QED) is 0.559. The molecule has 0 aromatic heterocycles. The van der Waals surface area contributed by atoms with Gasteiger partial charge in [-0.3, -0.25) is 10.1 Å². The maximum absolute atomic E-state index is 10.7. The summed E-state index contributed by atoms with van der Waals surface area (Å²) >= 11 is 4.89. The second kappa shape index (κ2) is 4.11. The monoisotopic (exact) mass is 164 g/mol. The fourth-order valence-corrected chi connectivity index (χ4v) is 0.327. The van der Waals surface area contributed by atoms with Crippen LogP contribution in [0.15, 0.2) is 0 Å². The zero-order chi connectivity index (χ0) is 8.15. The number of rotatable bonds is 1. The van der Waals surface area contributed by atoms with Gasteiger partial charge in [-0.25, -0.2) is 9.63 Å². The molecule has 0 rings (SSSR count). The Kier molecular flexibility index (Phi) is 3.79. The van der Waals surface area contributed by atoms with Crippen LogP contribution >= 0.6 is 11.8 Å². The van der Waals surface area contributed by atoms with Gasteiger partial charge in [0.15, 0.2) is 0 Å². The Morgan fingerprint density at radius 3 is 2.20 bits per heavy atom. The van der Waals surface area contributed by atoms with Gasteiger partial charge in [-0.2, -0.15) is 0 Å². The van der Waals surface area contributed by atoms with Crippen molar-refractivity contribution in [3.63, 3.8) is 0 Å². The van der Waals surface area contributed by atoms with Crippen LogP contribution in [0.1, 0.15) is 13.8 Å². The molecule has 0 fully saturated rings. The van der Waals surface area contributed by atoms with Crippen LogP contribution in [0.25, 0.3) is 0 Å². The Hall–Kier alpha value is -0.770. The largest absolute Gasteiger partial charge is 0.335 e. The first-order valence-electron chi connectivity index (χ1n) is 2.79. The fourth-order valence-electron chi connectivity index (χ4n) is 0.280. The van der Waals surface area contributed by atoms with E-state index in [9.17, 15) is 9.59 Å². The van der Waals surface area contributed by atoms with E-state index in [1.165, 1.54) is 0 Å². The lowest BCUT2D eigenvalue weighted by Crippen LogP contribution is -2.37. The second-order valence-corrected chi connectivity index (χ2v) is 2.26. The number of carbonyl (C=O) groups excluding carboxylic acids is 2. The maximum Gasteiger partial charge on any atom is 0.335 e. The summed E-state index contributed by atoms with van der Waals surface area (Å²) in [7, 11) is 0. The third kappa shape index (κ3) is 3.29. The van der Waals surface area contributed by atoms with Crippen molar-refractivity contribution in [1.29, 1.82) is 0 Å². The van der Waals surface area contributed by atoms with E-state index in [0.717, 1.165) is 0 Å². The summed E-state index contributed by atoms with van der Waals surface area (Å²) in [6.45, 7) is 3.35. The van der Waals surface area contributed by atoms with Crippen molar-refractivity contribution in [3.8, 4) is 0 Å². The summed E-state index contributed by atoms with van der Waals surface area (Å²) in [5.74, 6) is -0.563. The molecular formula is C5H9ClN2O2. The molecule has 0 aromatic carbocycles. The Morgan fingerprint density at radius 2 is 1.90 bits per heavy atom. The number of carbonyl (C=O) groups is 2. The lowest BCUT2D eigenvalue weighted by molar-refractivity contribution is -0.122. The molecule has 0 aliphatic carbocycles. The smallest absolute Gasteiger partial charge is 0.277 e. The molecular weight excluding hydrogens is 156 g/mol. The molecule has 0 spiro atoms. The highest BCUT2D eigenvalue weighted by molar-refractivity contribution is 6.22. The normalized spacial score (nSPS) is 9.20. The predicted molar refractivity (Wildman–Crippen MR) is 37.4 cm³/mol. The third-order valence-electron chi connectivity index (χ3n) is 0.847. The highest BCUT2D eigenvalue weighted by Crippen LogP contribution is 1.89. The zero-order valence-electron chi connectivity index (χ0n) is 5.77. The van der Waals surface area contributed by atoms with Gasteiger partial charge >= 0.3 is 6.03 Å². The number of nitrogens with one attached hydrogen (secondary N) is 2. The van der Waals surface area contributed by atoms with Gasteiger partial charge in [-0.1, -0.05) is 13.8 Å². The van der Waals surface area contributed by atoms with Crippen LogP contribution in [0.3, 0.4) is 0 Å². The minimum atomic E-state index is -0.694. The van der Waals surface area contributed by atoms with Gasteiger partial charge in [0.25, 0.3) is 0 Å². The van der Waals surface area contributed by atoms with Crippen molar-refractivity contribution in [3.05, 3.63) is 0 Å². The van der Waals surface area contributed by atoms with E-state index >= 15 is 0 Å². The Balaban J connectivity index is 3.69. The number of imide groups is 1. The minimum absolute atomic E-state index is 0.214. The molecule has 0 radical (unpaired) electrons. The molecule has 0 aliphatic rings. The summed E-state index contributed by atoms with van der Waals surface area (Å²) in [6, 6.07) is -0.694. The zero-order valence-corrected chi connectivity index (χ0v) is 6.53. The first-order valence-corrected chi connectivity index (χ1v) is 3.17. The van der Waals surface area contributed by atoms with E-state index in [0.29, 0.717) is 0 Å². The predicted octanol–water partition coefficient (Wildman–Crippen LogP) is 0.622. The third-order valence-corrected chi connectivity index (χ3v) is 1.02. The number of urea groups is 1. The molecule has 0 saturated heterocycles. The second-order valence-electron chi connectivity index (χ2n) is 2.07. The van der Waals surface area contributed by atoms with Crippen LogP contribution in [-0.2, 0) is 4.79 Å². The fraction of sp³-hybridized carbons (Fsp3) is 0.600. The van der Waals surface area contributed by atoms with Crippen LogP contribution in [0.5, 0.6) is 0 Å². The minimum Gasteiger partial charge on any atom is -0.277 e. The molecule has 0 unspecified atom stereocenters. The molecule has 0 heterocycles. The SMILES string of the molecule is CC(C)C(=O)NC(=O)NCl. The molecule has 3 amide bonds. The van der Waals surface area contributed by atoms with Crippen molar-refractivity contribution in [2.24, 2.45) is 5.92 Å². The van der Waals surface area contributed by atoms with Crippen LogP contribution in [0.4, 0.5) is 4.79 Å². The van der Waals surface area contributed by atoms with Gasteiger partial charge in [0.1, 0.15) is 0 Å². The summed E-state index contributed by atoms with van der Waals surface area (Å²) < 4.78 is 0. The summed E-state index contributed by atoms with van der Waals surface area (Å²) in [5.41, 5.74) is 0. The van der Waals surface area contributed by atoms with Gasteiger partial charge in [0, 0.05) is 17.7 Å². The average molecular weight is 165 g/mol. The maximum atomic E-state index is 10.7. The highest BCUT2D eigenvalue weighted by Gasteiger charge is 2.09. The molecule has 0 aliphatic heterocycles. The number of hydrogen-bond donors (Lipinski definition) is 2. The summed E-state index contributed by atoms with van der Waals surface area (Å²) in [5, 5.41) is 2.01. The molecule has 0 bridgehead atoms. The van der Waals surface area contributed by atoms with E-state index in [1.807, 2.05) is 5.32 Å². The van der Waals surface area contributed by atoms with E-state index < -0.39 is 6.03 Å². The Bertz CT molecular complexity index is 147. The molecule has 58 valence electrons. The van der Waals surface area contributed by atoms with Crippen molar-refractivity contribution in [2.45, 2.75) is 13.8 Å². The molecule has 0 saturated carbocycles. The highest BCUT2D eigenvalue weighted by atomic mass is 35.5. The summed E-state index contributed by atoms with van der Waals surface area (Å²) in [4.78, 5) is 22.8. The van der Waals surface area contributed by atoms with Gasteiger partial charge in [0.05, 0.1) is 0 Å². The van der Waals surface area contributed by atoms with E-state index in [4.69, 9.17) is 11.8 Å². The Morgan fingerprint density at radius 1 is 1.40 bits per heavy atom. The van der Waals surface area contributed by atoms with Crippen LogP contribution in [0, 0.1) is 5.92 Å². The first-order chi connectivity index (χ1) is 4.57. The van der Waals surface area contributed by atoms with Gasteiger partial charge in [0.2, 0.25) is 5.91 Å². The van der Waals surface area contributed by atoms with E-state index in [2.05, 4.69) is 0 Å². The lowest BCUT2D eigenvalue weighted by atomic mass is 10.2. The van der Waals surface area contributed by atoms with Crippen LogP contribution in [0.2, 0.25) is 0 Å². The average Bonchev–Trinajstić information content (AvgIpc) is 1.87. The molecule has 10 heavy (non-hydrogen) atoms. The van der Waals surface area contributed by atoms with E-state index in [-0.39, 0.29) is 11.8 Å². The molecule has 0 aromatic rings. The van der Waals surface area contributed by atoms with Crippen molar-refractivity contribution < 1.29 is 9.59 Å². The lowest BCUT2D eigenvalue weighted by Gasteiger charge is -2.03. The van der Waals surface area contributed by atoms with Crippen molar-refractivity contribution in [2.75, 3.05) is 0 Å². The topological polar surface area (TPSA) is 58.2 Å². The van der Waals surface area contributed by atoms with Crippen LogP contribution in [-0.4, -0.2) is 11.9 Å². The van der Waals surface area contributed by atoms with Gasteiger partial charge in [-0.05, 0) is 0 Å². The molecule has 2 N–H and O–H groups in total. The van der Waals surface area contributed by atoms with E-state index in [1.54, 1.807) is 18.7 Å². The number of halogens is 1. The molecule has 4 nitrogen and oxygen atoms in total. The number of amides is 3. The van der Waals surface area contributed by atoms with Crippen LogP contribution < -0.4 is 10.2 Å². The first kappa shape index (κ1) is 9.23. The number of hydrogen-bond acceptors (Lipinski definition) is 2. The summed E-state index contributed by atoms with van der Waals surface area (Å²) in [6.07, 6.45) is 0. The standard InChI is InChI=1S/C5H9ClN2O2/c1-3(2)4(9)7-5(10)8-6/h3H,1-2H3,(H2,7,8,9,10). The molecule has 0 atom stereocenters. The van der Waals surface area contributed by atoms with Gasteiger partial charge in [-0.15, -0.1) is 0 Å².